The highest BCUT2D eigenvalue weighted by molar-refractivity contribution is 5.97. The molecule has 6 nitrogen and oxygen atoms in total. The van der Waals surface area contributed by atoms with Crippen molar-refractivity contribution < 1.29 is 14.7 Å². The maximum absolute atomic E-state index is 12.3. The molecule has 0 aliphatic carbocycles. The largest absolute Gasteiger partial charge is 0.395 e. The molecule has 3 N–H and O–H groups in total. The van der Waals surface area contributed by atoms with Gasteiger partial charge < -0.3 is 15.7 Å². The number of nitrogens with two attached hydrogens (primary N) is 1. The zero-order valence-electron chi connectivity index (χ0n) is 11.3. The lowest BCUT2D eigenvalue weighted by Crippen LogP contribution is -2.49. The van der Waals surface area contributed by atoms with Gasteiger partial charge in [-0.05, 0) is 24.3 Å². The summed E-state index contributed by atoms with van der Waals surface area (Å²) in [4.78, 5) is 27.2. The highest BCUT2D eigenvalue weighted by Crippen LogP contribution is 2.10. The summed E-state index contributed by atoms with van der Waals surface area (Å²) in [6.07, 6.45) is 0. The van der Waals surface area contributed by atoms with Gasteiger partial charge in [0, 0.05) is 43.9 Å². The number of hydrogen-bond donors (Lipinski definition) is 2. The molecule has 0 atom stereocenters. The Kier molecular flexibility index (Phi) is 4.70. The molecular formula is C14H19N3O3. The molecule has 1 aliphatic heterocycles. The van der Waals surface area contributed by atoms with Gasteiger partial charge in [-0.2, -0.15) is 0 Å². The number of benzene rings is 1. The van der Waals surface area contributed by atoms with E-state index in [-0.39, 0.29) is 12.5 Å². The molecule has 2 amide bonds. The van der Waals surface area contributed by atoms with Crippen LogP contribution in [-0.2, 0) is 0 Å². The van der Waals surface area contributed by atoms with Gasteiger partial charge in [0.2, 0.25) is 5.91 Å². The van der Waals surface area contributed by atoms with E-state index in [2.05, 4.69) is 4.90 Å². The predicted molar refractivity (Wildman–Crippen MR) is 74.4 cm³/mol. The molecule has 1 aromatic carbocycles. The topological polar surface area (TPSA) is 86.9 Å². The molecule has 0 unspecified atom stereocenters. The summed E-state index contributed by atoms with van der Waals surface area (Å²) < 4.78 is 0. The third kappa shape index (κ3) is 3.34. The van der Waals surface area contributed by atoms with Crippen molar-refractivity contribution in [1.29, 1.82) is 0 Å². The second-order valence-corrected chi connectivity index (χ2v) is 4.80. The zero-order chi connectivity index (χ0) is 14.5. The molecule has 1 aromatic rings. The molecule has 108 valence electrons. The third-order valence-electron chi connectivity index (χ3n) is 3.49. The van der Waals surface area contributed by atoms with Crippen molar-refractivity contribution in [3.05, 3.63) is 35.4 Å². The lowest BCUT2D eigenvalue weighted by Gasteiger charge is -2.34. The SMILES string of the molecule is NC(=O)c1ccc(C(=O)N2CCN(CCO)CC2)cc1. The van der Waals surface area contributed by atoms with Crippen LogP contribution in [0.3, 0.4) is 0 Å². The van der Waals surface area contributed by atoms with Crippen LogP contribution in [0.25, 0.3) is 0 Å². The van der Waals surface area contributed by atoms with Crippen molar-refractivity contribution in [3.63, 3.8) is 0 Å². The number of piperazine rings is 1. The second kappa shape index (κ2) is 6.49. The fraction of sp³-hybridized carbons (Fsp3) is 0.429. The van der Waals surface area contributed by atoms with Crippen LogP contribution in [0.15, 0.2) is 24.3 Å². The minimum absolute atomic E-state index is 0.0373. The first-order valence-electron chi connectivity index (χ1n) is 6.64. The molecule has 1 heterocycles. The number of amides is 2. The van der Waals surface area contributed by atoms with E-state index in [1.807, 2.05) is 0 Å². The van der Waals surface area contributed by atoms with Crippen LogP contribution in [0.1, 0.15) is 20.7 Å². The van der Waals surface area contributed by atoms with Crippen LogP contribution >= 0.6 is 0 Å². The third-order valence-corrected chi connectivity index (χ3v) is 3.49. The fourth-order valence-electron chi connectivity index (χ4n) is 2.28. The average molecular weight is 277 g/mol. The summed E-state index contributed by atoms with van der Waals surface area (Å²) in [6, 6.07) is 6.39. The van der Waals surface area contributed by atoms with Gasteiger partial charge in [-0.15, -0.1) is 0 Å². The summed E-state index contributed by atoms with van der Waals surface area (Å²) in [6.45, 7) is 3.63. The molecule has 0 bridgehead atoms. The second-order valence-electron chi connectivity index (χ2n) is 4.80. The van der Waals surface area contributed by atoms with E-state index in [9.17, 15) is 9.59 Å². The number of carbonyl (C=O) groups is 2. The maximum atomic E-state index is 12.3. The summed E-state index contributed by atoms with van der Waals surface area (Å²) in [5.41, 5.74) is 6.12. The molecule has 1 fully saturated rings. The maximum Gasteiger partial charge on any atom is 0.253 e. The molecule has 0 radical (unpaired) electrons. The molecule has 0 spiro atoms. The minimum atomic E-state index is -0.499. The molecular weight excluding hydrogens is 258 g/mol. The Hall–Kier alpha value is -1.92. The summed E-state index contributed by atoms with van der Waals surface area (Å²) >= 11 is 0. The predicted octanol–water partition coefficient (Wildman–Crippen LogP) is -0.464. The monoisotopic (exact) mass is 277 g/mol. The Morgan fingerprint density at radius 2 is 1.60 bits per heavy atom. The molecule has 20 heavy (non-hydrogen) atoms. The van der Waals surface area contributed by atoms with Crippen LogP contribution in [-0.4, -0.2) is 66.1 Å². The van der Waals surface area contributed by atoms with E-state index < -0.39 is 5.91 Å². The summed E-state index contributed by atoms with van der Waals surface area (Å²) in [5, 5.41) is 8.88. The van der Waals surface area contributed by atoms with Gasteiger partial charge in [0.1, 0.15) is 0 Å². The van der Waals surface area contributed by atoms with E-state index in [1.165, 1.54) is 0 Å². The number of aliphatic hydroxyl groups is 1. The number of rotatable bonds is 4. The summed E-state index contributed by atoms with van der Waals surface area (Å²) in [5.74, 6) is -0.536. The van der Waals surface area contributed by atoms with Crippen LogP contribution in [0.2, 0.25) is 0 Å². The van der Waals surface area contributed by atoms with Crippen molar-refractivity contribution in [3.8, 4) is 0 Å². The number of primary amides is 1. The Bertz CT molecular complexity index is 479. The first kappa shape index (κ1) is 14.5. The number of nitrogens with zero attached hydrogens (tertiary/aromatic N) is 2. The van der Waals surface area contributed by atoms with Crippen molar-refractivity contribution in [1.82, 2.24) is 9.80 Å². The first-order valence-corrected chi connectivity index (χ1v) is 6.64. The van der Waals surface area contributed by atoms with Gasteiger partial charge >= 0.3 is 0 Å². The molecule has 6 heteroatoms. The van der Waals surface area contributed by atoms with Gasteiger partial charge in [0.15, 0.2) is 0 Å². The van der Waals surface area contributed by atoms with E-state index in [0.29, 0.717) is 30.8 Å². The minimum Gasteiger partial charge on any atom is -0.395 e. The van der Waals surface area contributed by atoms with Crippen molar-refractivity contribution >= 4 is 11.8 Å². The van der Waals surface area contributed by atoms with Crippen molar-refractivity contribution in [2.75, 3.05) is 39.3 Å². The van der Waals surface area contributed by atoms with E-state index in [1.54, 1.807) is 29.2 Å². The first-order chi connectivity index (χ1) is 9.61. The van der Waals surface area contributed by atoms with E-state index in [0.717, 1.165) is 13.1 Å². The normalized spacial score (nSPS) is 16.1. The molecule has 0 aromatic heterocycles. The lowest BCUT2D eigenvalue weighted by molar-refractivity contribution is 0.0614. The number of carbonyl (C=O) groups excluding carboxylic acids is 2. The van der Waals surface area contributed by atoms with Crippen LogP contribution < -0.4 is 5.73 Å². The Labute approximate surface area is 117 Å². The number of β-amino-alcohol motifs (C(OH)–C–C–N with tert-alkyl or cyclic N) is 1. The van der Waals surface area contributed by atoms with E-state index in [4.69, 9.17) is 10.8 Å². The lowest BCUT2D eigenvalue weighted by atomic mass is 10.1. The van der Waals surface area contributed by atoms with Crippen LogP contribution in [0.5, 0.6) is 0 Å². The van der Waals surface area contributed by atoms with Crippen LogP contribution in [0.4, 0.5) is 0 Å². The Morgan fingerprint density at radius 3 is 2.10 bits per heavy atom. The molecule has 1 aliphatic rings. The molecule has 0 saturated carbocycles. The van der Waals surface area contributed by atoms with Crippen molar-refractivity contribution in [2.45, 2.75) is 0 Å². The molecule has 1 saturated heterocycles. The zero-order valence-corrected chi connectivity index (χ0v) is 11.3. The highest BCUT2D eigenvalue weighted by Gasteiger charge is 2.21. The van der Waals surface area contributed by atoms with Gasteiger partial charge in [-0.3, -0.25) is 14.5 Å². The van der Waals surface area contributed by atoms with E-state index >= 15 is 0 Å². The quantitative estimate of drug-likeness (QED) is 0.779. The van der Waals surface area contributed by atoms with Gasteiger partial charge in [0.25, 0.3) is 5.91 Å². The number of hydrogen-bond acceptors (Lipinski definition) is 4. The van der Waals surface area contributed by atoms with Crippen LogP contribution in [0, 0.1) is 0 Å². The van der Waals surface area contributed by atoms with Gasteiger partial charge in [-0.25, -0.2) is 0 Å². The Morgan fingerprint density at radius 1 is 1.05 bits per heavy atom. The summed E-state index contributed by atoms with van der Waals surface area (Å²) in [7, 11) is 0. The van der Waals surface area contributed by atoms with Gasteiger partial charge in [0.05, 0.1) is 6.61 Å². The highest BCUT2D eigenvalue weighted by atomic mass is 16.3. The standard InChI is InChI=1S/C14H19N3O3/c15-13(19)11-1-3-12(4-2-11)14(20)17-7-5-16(6-8-17)9-10-18/h1-4,18H,5-10H2,(H2,15,19). The fourth-order valence-corrected chi connectivity index (χ4v) is 2.28. The average Bonchev–Trinajstić information content (AvgIpc) is 2.48. The smallest absolute Gasteiger partial charge is 0.253 e. The van der Waals surface area contributed by atoms with Gasteiger partial charge in [-0.1, -0.05) is 0 Å². The molecule has 2 rings (SSSR count). The Balaban J connectivity index is 1.96. The number of aliphatic hydroxyl groups excluding tert-OH is 1. The van der Waals surface area contributed by atoms with Crippen molar-refractivity contribution in [2.24, 2.45) is 5.73 Å².